The first-order valence-corrected chi connectivity index (χ1v) is 11.7. The molecule has 2 aliphatic rings. The average molecular weight is 446 g/mol. The van der Waals surface area contributed by atoms with Gasteiger partial charge in [0.1, 0.15) is 11.5 Å². The fraction of sp³-hybridized carbons (Fsp3) is 0.370. The Labute approximate surface area is 195 Å². The summed E-state index contributed by atoms with van der Waals surface area (Å²) in [4.78, 5) is 20.1. The van der Waals surface area contributed by atoms with Crippen LogP contribution in [0.3, 0.4) is 0 Å². The van der Waals surface area contributed by atoms with Crippen LogP contribution in [0, 0.1) is 0 Å². The maximum absolute atomic E-state index is 13.5. The first kappa shape index (κ1) is 21.4. The predicted octanol–water partition coefficient (Wildman–Crippen LogP) is 4.59. The van der Waals surface area contributed by atoms with Gasteiger partial charge in [-0.25, -0.2) is 0 Å². The quantitative estimate of drug-likeness (QED) is 0.575. The molecule has 1 amide bonds. The number of para-hydroxylation sites is 1. The van der Waals surface area contributed by atoms with E-state index in [4.69, 9.17) is 9.15 Å². The van der Waals surface area contributed by atoms with Gasteiger partial charge < -0.3 is 23.9 Å². The summed E-state index contributed by atoms with van der Waals surface area (Å²) in [5.41, 5.74) is 4.44. The number of nitrogens with zero attached hydrogens (tertiary/aromatic N) is 3. The van der Waals surface area contributed by atoms with Crippen molar-refractivity contribution < 1.29 is 13.9 Å². The van der Waals surface area contributed by atoms with E-state index in [0.29, 0.717) is 24.7 Å². The third-order valence-electron chi connectivity index (χ3n) is 6.86. The zero-order valence-corrected chi connectivity index (χ0v) is 19.4. The van der Waals surface area contributed by atoms with Crippen LogP contribution in [0.2, 0.25) is 0 Å². The zero-order chi connectivity index (χ0) is 22.8. The Morgan fingerprint density at radius 1 is 1.03 bits per heavy atom. The van der Waals surface area contributed by atoms with Crippen LogP contribution in [0.5, 0.6) is 5.75 Å². The van der Waals surface area contributed by atoms with Crippen molar-refractivity contribution in [2.45, 2.75) is 32.4 Å². The SMILES string of the molecule is COc1ccc(N2CCCN(C(=O)c3ccoc3CN3c4ccccc4CC3C)CC2)cc1. The molecule has 1 saturated heterocycles. The van der Waals surface area contributed by atoms with Crippen molar-refractivity contribution in [2.75, 3.05) is 43.1 Å². The molecule has 2 aromatic carbocycles. The van der Waals surface area contributed by atoms with Gasteiger partial charge in [0, 0.05) is 43.6 Å². The van der Waals surface area contributed by atoms with Gasteiger partial charge in [-0.2, -0.15) is 0 Å². The highest BCUT2D eigenvalue weighted by molar-refractivity contribution is 5.95. The van der Waals surface area contributed by atoms with E-state index in [0.717, 1.165) is 49.7 Å². The minimum Gasteiger partial charge on any atom is -0.497 e. The third kappa shape index (κ3) is 4.30. The number of benzene rings is 2. The van der Waals surface area contributed by atoms with Crippen molar-refractivity contribution in [3.8, 4) is 5.75 Å². The lowest BCUT2D eigenvalue weighted by Crippen LogP contribution is -2.36. The summed E-state index contributed by atoms with van der Waals surface area (Å²) >= 11 is 0. The topological polar surface area (TPSA) is 49.2 Å². The predicted molar refractivity (Wildman–Crippen MR) is 130 cm³/mol. The van der Waals surface area contributed by atoms with Gasteiger partial charge in [0.25, 0.3) is 5.91 Å². The number of anilines is 2. The average Bonchev–Trinajstić information content (AvgIpc) is 3.34. The zero-order valence-electron chi connectivity index (χ0n) is 19.4. The van der Waals surface area contributed by atoms with Gasteiger partial charge in [0.2, 0.25) is 0 Å². The minimum atomic E-state index is 0.0652. The van der Waals surface area contributed by atoms with Crippen molar-refractivity contribution in [1.29, 1.82) is 0 Å². The fourth-order valence-electron chi connectivity index (χ4n) is 5.02. The number of furan rings is 1. The second kappa shape index (κ2) is 9.22. The standard InChI is InChI=1S/C27H31N3O3/c1-20-18-21-6-3-4-7-25(21)30(20)19-26-24(12-17-33-26)27(31)29-14-5-13-28(15-16-29)22-8-10-23(32-2)11-9-22/h3-4,6-12,17,20H,5,13-16,18-19H2,1-2H3. The highest BCUT2D eigenvalue weighted by Crippen LogP contribution is 2.34. The van der Waals surface area contributed by atoms with Crippen LogP contribution < -0.4 is 14.5 Å². The number of hydrogen-bond acceptors (Lipinski definition) is 5. The van der Waals surface area contributed by atoms with Gasteiger partial charge in [-0.3, -0.25) is 4.79 Å². The molecule has 172 valence electrons. The van der Waals surface area contributed by atoms with Gasteiger partial charge in [0.15, 0.2) is 0 Å². The van der Waals surface area contributed by atoms with Gasteiger partial charge >= 0.3 is 0 Å². The molecular formula is C27H31N3O3. The molecule has 0 N–H and O–H groups in total. The third-order valence-corrected chi connectivity index (χ3v) is 6.86. The minimum absolute atomic E-state index is 0.0652. The van der Waals surface area contributed by atoms with E-state index in [1.807, 2.05) is 23.1 Å². The molecule has 3 heterocycles. The molecule has 0 saturated carbocycles. The number of rotatable bonds is 5. The summed E-state index contributed by atoms with van der Waals surface area (Å²) in [6.45, 7) is 6.01. The maximum Gasteiger partial charge on any atom is 0.257 e. The Bertz CT molecular complexity index is 1110. The van der Waals surface area contributed by atoms with E-state index >= 15 is 0 Å². The van der Waals surface area contributed by atoms with E-state index in [9.17, 15) is 4.79 Å². The largest absolute Gasteiger partial charge is 0.497 e. The van der Waals surface area contributed by atoms with Crippen molar-refractivity contribution in [3.05, 3.63) is 77.7 Å². The van der Waals surface area contributed by atoms with Gasteiger partial charge in [0.05, 0.1) is 25.5 Å². The number of methoxy groups -OCH3 is 1. The van der Waals surface area contributed by atoms with Crippen molar-refractivity contribution in [3.63, 3.8) is 0 Å². The van der Waals surface area contributed by atoms with E-state index in [-0.39, 0.29) is 5.91 Å². The molecule has 6 heteroatoms. The van der Waals surface area contributed by atoms with Gasteiger partial charge in [-0.15, -0.1) is 0 Å². The van der Waals surface area contributed by atoms with Crippen LogP contribution in [0.15, 0.2) is 65.3 Å². The molecule has 1 atom stereocenters. The number of hydrogen-bond donors (Lipinski definition) is 0. The molecule has 0 aliphatic carbocycles. The molecular weight excluding hydrogens is 414 g/mol. The fourth-order valence-corrected chi connectivity index (χ4v) is 5.02. The lowest BCUT2D eigenvalue weighted by molar-refractivity contribution is 0.0764. The van der Waals surface area contributed by atoms with Crippen LogP contribution >= 0.6 is 0 Å². The maximum atomic E-state index is 13.5. The van der Waals surface area contributed by atoms with Crippen LogP contribution in [-0.4, -0.2) is 50.1 Å². The number of ether oxygens (including phenoxy) is 1. The molecule has 33 heavy (non-hydrogen) atoms. The summed E-state index contributed by atoms with van der Waals surface area (Å²) in [5.74, 6) is 1.67. The Morgan fingerprint density at radius 2 is 1.85 bits per heavy atom. The second-order valence-electron chi connectivity index (χ2n) is 8.90. The summed E-state index contributed by atoms with van der Waals surface area (Å²) < 4.78 is 11.1. The lowest BCUT2D eigenvalue weighted by Gasteiger charge is -2.25. The molecule has 1 fully saturated rings. The van der Waals surface area contributed by atoms with Crippen molar-refractivity contribution in [1.82, 2.24) is 4.90 Å². The Hall–Kier alpha value is -3.41. The number of fused-ring (bicyclic) bond motifs is 1. The van der Waals surface area contributed by atoms with E-state index in [2.05, 4.69) is 53.1 Å². The molecule has 0 bridgehead atoms. The molecule has 3 aromatic rings. The molecule has 2 aliphatic heterocycles. The second-order valence-corrected chi connectivity index (χ2v) is 8.90. The van der Waals surface area contributed by atoms with Crippen LogP contribution in [0.25, 0.3) is 0 Å². The summed E-state index contributed by atoms with van der Waals surface area (Å²) in [6.07, 6.45) is 3.60. The molecule has 0 radical (unpaired) electrons. The smallest absolute Gasteiger partial charge is 0.257 e. The first-order chi connectivity index (χ1) is 16.1. The van der Waals surface area contributed by atoms with E-state index < -0.39 is 0 Å². The molecule has 1 aromatic heterocycles. The Kier molecular flexibility index (Phi) is 5.99. The van der Waals surface area contributed by atoms with Crippen molar-refractivity contribution >= 4 is 17.3 Å². The monoisotopic (exact) mass is 445 g/mol. The number of carbonyl (C=O) groups is 1. The number of carbonyl (C=O) groups excluding carboxylic acids is 1. The molecule has 6 nitrogen and oxygen atoms in total. The summed E-state index contributed by atoms with van der Waals surface area (Å²) in [6, 6.07) is 18.9. The summed E-state index contributed by atoms with van der Waals surface area (Å²) in [5, 5.41) is 0. The molecule has 1 unspecified atom stereocenters. The van der Waals surface area contributed by atoms with Gasteiger partial charge in [-0.1, -0.05) is 18.2 Å². The van der Waals surface area contributed by atoms with Crippen LogP contribution in [-0.2, 0) is 13.0 Å². The van der Waals surface area contributed by atoms with Crippen molar-refractivity contribution in [2.24, 2.45) is 0 Å². The first-order valence-electron chi connectivity index (χ1n) is 11.7. The molecule has 0 spiro atoms. The highest BCUT2D eigenvalue weighted by atomic mass is 16.5. The van der Waals surface area contributed by atoms with E-state index in [1.54, 1.807) is 13.4 Å². The Balaban J connectivity index is 1.27. The summed E-state index contributed by atoms with van der Waals surface area (Å²) in [7, 11) is 1.68. The Morgan fingerprint density at radius 3 is 2.67 bits per heavy atom. The number of amides is 1. The lowest BCUT2D eigenvalue weighted by atomic mass is 10.1. The van der Waals surface area contributed by atoms with Crippen LogP contribution in [0.4, 0.5) is 11.4 Å². The van der Waals surface area contributed by atoms with E-state index in [1.165, 1.54) is 11.3 Å². The van der Waals surface area contributed by atoms with Crippen LogP contribution in [0.1, 0.15) is 35.0 Å². The highest BCUT2D eigenvalue weighted by Gasteiger charge is 2.29. The normalized spacial score (nSPS) is 18.2. The van der Waals surface area contributed by atoms with Gasteiger partial charge in [-0.05, 0) is 61.7 Å². The molecule has 5 rings (SSSR count).